The molecule has 3 aromatic carbocycles. The van der Waals surface area contributed by atoms with Gasteiger partial charge in [0.25, 0.3) is 5.91 Å². The Morgan fingerprint density at radius 2 is 1.50 bits per heavy atom. The smallest absolute Gasteiger partial charge is 0.422 e. The van der Waals surface area contributed by atoms with Gasteiger partial charge in [-0.05, 0) is 78.9 Å². The molecule has 56 heavy (non-hydrogen) atoms. The average Bonchev–Trinajstić information content (AvgIpc) is 3.93. The van der Waals surface area contributed by atoms with Gasteiger partial charge in [-0.25, -0.2) is 9.59 Å². The van der Waals surface area contributed by atoms with E-state index in [9.17, 15) is 42.3 Å². The van der Waals surface area contributed by atoms with Gasteiger partial charge < -0.3 is 47.5 Å². The zero-order valence-electron chi connectivity index (χ0n) is 29.1. The fourth-order valence-electron chi connectivity index (χ4n) is 5.10. The molecular formula is C35H34ClF3N10O7. The third-order valence-corrected chi connectivity index (χ3v) is 8.34. The molecule has 5 amide bonds. The molecule has 0 saturated heterocycles. The molecule has 1 fully saturated rings. The van der Waals surface area contributed by atoms with Crippen molar-refractivity contribution in [2.24, 2.45) is 5.73 Å². The number of carboxylic acids is 1. The fourth-order valence-corrected chi connectivity index (χ4v) is 5.23. The first kappa shape index (κ1) is 40.5. The Kier molecular flexibility index (Phi) is 12.7. The van der Waals surface area contributed by atoms with Crippen LogP contribution in [-0.2, 0) is 26.5 Å². The van der Waals surface area contributed by atoms with Crippen molar-refractivity contribution in [3.05, 3.63) is 94.5 Å². The number of urea groups is 1. The van der Waals surface area contributed by atoms with E-state index in [0.29, 0.717) is 29.1 Å². The lowest BCUT2D eigenvalue weighted by molar-refractivity contribution is -0.154. The number of ether oxygens (including phenoxy) is 1. The van der Waals surface area contributed by atoms with Crippen LogP contribution in [0.5, 0.6) is 6.01 Å². The molecular weight excluding hydrogens is 765 g/mol. The Balaban J connectivity index is 1.16. The lowest BCUT2D eigenvalue weighted by atomic mass is 10.1. The molecule has 1 atom stereocenters. The van der Waals surface area contributed by atoms with E-state index in [4.69, 9.17) is 22.1 Å². The number of rotatable bonds is 16. The monoisotopic (exact) mass is 798 g/mol. The summed E-state index contributed by atoms with van der Waals surface area (Å²) in [5.74, 6) is -4.45. The highest BCUT2D eigenvalue weighted by atomic mass is 35.5. The van der Waals surface area contributed by atoms with Gasteiger partial charge in [-0.15, -0.1) is 0 Å². The number of benzene rings is 3. The quantitative estimate of drug-likeness (QED) is 0.0754. The maximum Gasteiger partial charge on any atom is 0.422 e. The number of amides is 5. The first-order chi connectivity index (χ1) is 26.6. The highest BCUT2D eigenvalue weighted by Gasteiger charge is 2.45. The van der Waals surface area contributed by atoms with Crippen LogP contribution in [0.4, 0.5) is 41.2 Å². The summed E-state index contributed by atoms with van der Waals surface area (Å²) in [7, 11) is 0. The molecule has 0 bridgehead atoms. The number of nitrogens with two attached hydrogens (primary N) is 1. The maximum atomic E-state index is 12.9. The zero-order valence-corrected chi connectivity index (χ0v) is 29.8. The number of carbonyl (C=O) groups excluding carboxylic acids is 4. The van der Waals surface area contributed by atoms with Crippen molar-refractivity contribution in [1.82, 2.24) is 30.9 Å². The van der Waals surface area contributed by atoms with Crippen molar-refractivity contribution in [2.75, 3.05) is 29.1 Å². The number of alkyl halides is 3. The molecule has 4 aromatic rings. The molecule has 1 heterocycles. The Hall–Kier alpha value is -6.70. The van der Waals surface area contributed by atoms with Crippen LogP contribution in [0.25, 0.3) is 0 Å². The molecule has 0 aliphatic heterocycles. The number of carbonyl (C=O) groups is 5. The van der Waals surface area contributed by atoms with Crippen LogP contribution in [0.3, 0.4) is 0 Å². The third-order valence-electron chi connectivity index (χ3n) is 8.09. The third kappa shape index (κ3) is 11.9. The van der Waals surface area contributed by atoms with Gasteiger partial charge in [0.15, 0.2) is 6.61 Å². The topological polar surface area (TPSA) is 252 Å². The Labute approximate surface area is 321 Å². The number of aromatic nitrogens is 3. The summed E-state index contributed by atoms with van der Waals surface area (Å²) < 4.78 is 43.6. The van der Waals surface area contributed by atoms with Crippen molar-refractivity contribution in [3.8, 4) is 6.01 Å². The summed E-state index contributed by atoms with van der Waals surface area (Å²) in [4.78, 5) is 72.5. The number of primary amides is 1. The molecule has 21 heteroatoms. The van der Waals surface area contributed by atoms with E-state index in [1.54, 1.807) is 24.3 Å². The molecule has 0 spiro atoms. The second kappa shape index (κ2) is 17.6. The predicted molar refractivity (Wildman–Crippen MR) is 195 cm³/mol. The number of hydrogen-bond donors (Lipinski definition) is 8. The number of carboxylic acid groups (broad SMARTS) is 1. The summed E-state index contributed by atoms with van der Waals surface area (Å²) in [6.07, 6.45) is -3.54. The first-order valence-electron chi connectivity index (χ1n) is 16.7. The largest absolute Gasteiger partial charge is 0.480 e. The van der Waals surface area contributed by atoms with Crippen LogP contribution in [0.15, 0.2) is 72.8 Å². The van der Waals surface area contributed by atoms with Gasteiger partial charge in [0.1, 0.15) is 6.04 Å². The summed E-state index contributed by atoms with van der Waals surface area (Å²) in [6, 6.07) is 16.1. The van der Waals surface area contributed by atoms with E-state index in [-0.39, 0.29) is 42.7 Å². The molecule has 0 radical (unpaired) electrons. The molecule has 1 saturated carbocycles. The van der Waals surface area contributed by atoms with E-state index in [1.165, 1.54) is 36.4 Å². The van der Waals surface area contributed by atoms with Gasteiger partial charge in [0, 0.05) is 35.1 Å². The number of aliphatic carboxylic acids is 1. The van der Waals surface area contributed by atoms with Crippen LogP contribution >= 0.6 is 11.6 Å². The summed E-state index contributed by atoms with van der Waals surface area (Å²) >= 11 is 6.02. The number of hydrogen-bond acceptors (Lipinski definition) is 11. The second-order valence-electron chi connectivity index (χ2n) is 12.4. The van der Waals surface area contributed by atoms with E-state index in [1.807, 2.05) is 12.1 Å². The zero-order chi connectivity index (χ0) is 40.5. The van der Waals surface area contributed by atoms with Crippen molar-refractivity contribution >= 4 is 64.6 Å². The minimum atomic E-state index is -4.65. The molecule has 294 valence electrons. The van der Waals surface area contributed by atoms with Gasteiger partial charge in [-0.1, -0.05) is 35.9 Å². The molecule has 1 unspecified atom stereocenters. The molecule has 1 aromatic heterocycles. The van der Waals surface area contributed by atoms with Gasteiger partial charge in [-0.2, -0.15) is 28.1 Å². The minimum Gasteiger partial charge on any atom is -0.480 e. The van der Waals surface area contributed by atoms with Gasteiger partial charge in [0.2, 0.25) is 11.9 Å². The van der Waals surface area contributed by atoms with Crippen molar-refractivity contribution in [2.45, 2.75) is 43.6 Å². The summed E-state index contributed by atoms with van der Waals surface area (Å²) in [6.45, 7) is -1.75. The van der Waals surface area contributed by atoms with E-state index >= 15 is 0 Å². The SMILES string of the molecule is NC(=O)NCc1ccc(NC(=O)C(=O)NCCC(NC(=O)c2ccc(Nc3nc(NC4(c5ccc(Cl)cc5)CC4)nc(OCC(F)(F)F)n3)cc2)C(=O)O)cc1. The summed E-state index contributed by atoms with van der Waals surface area (Å²) in [5.41, 5.74) is 6.67. The number of nitrogens with one attached hydrogen (secondary N) is 6. The van der Waals surface area contributed by atoms with Crippen LogP contribution in [0.2, 0.25) is 5.02 Å². The minimum absolute atomic E-state index is 0.0486. The van der Waals surface area contributed by atoms with Crippen LogP contribution < -0.4 is 42.4 Å². The van der Waals surface area contributed by atoms with Crippen molar-refractivity contribution in [1.29, 1.82) is 0 Å². The number of halogens is 4. The molecule has 9 N–H and O–H groups in total. The molecule has 5 rings (SSSR count). The predicted octanol–water partition coefficient (Wildman–Crippen LogP) is 3.81. The first-order valence-corrected chi connectivity index (χ1v) is 17.1. The maximum absolute atomic E-state index is 12.9. The van der Waals surface area contributed by atoms with Crippen molar-refractivity contribution < 1.29 is 47.0 Å². The molecule has 1 aliphatic carbocycles. The summed E-state index contributed by atoms with van der Waals surface area (Å²) in [5, 5.41) is 25.6. The Bertz CT molecular complexity index is 2070. The van der Waals surface area contributed by atoms with E-state index in [0.717, 1.165) is 5.56 Å². The van der Waals surface area contributed by atoms with Crippen LogP contribution in [0.1, 0.15) is 40.7 Å². The number of nitrogens with zero attached hydrogens (tertiary/aromatic N) is 3. The van der Waals surface area contributed by atoms with E-state index < -0.39 is 60.1 Å². The highest BCUT2D eigenvalue weighted by Crippen LogP contribution is 2.48. The lowest BCUT2D eigenvalue weighted by Crippen LogP contribution is -2.44. The van der Waals surface area contributed by atoms with Gasteiger partial charge in [-0.3, -0.25) is 14.4 Å². The lowest BCUT2D eigenvalue weighted by Gasteiger charge is -2.19. The second-order valence-corrected chi connectivity index (χ2v) is 12.8. The Morgan fingerprint density at radius 3 is 2.11 bits per heavy atom. The van der Waals surface area contributed by atoms with Gasteiger partial charge >= 0.3 is 36.0 Å². The average molecular weight is 799 g/mol. The van der Waals surface area contributed by atoms with Crippen molar-refractivity contribution in [3.63, 3.8) is 0 Å². The molecule has 1 aliphatic rings. The fraction of sp³-hybridized carbons (Fsp3) is 0.257. The highest BCUT2D eigenvalue weighted by molar-refractivity contribution is 6.39. The van der Waals surface area contributed by atoms with E-state index in [2.05, 4.69) is 46.9 Å². The standard InChI is InChI=1S/C35H34ClF3N10O7/c36-22-7-5-21(6-8-22)34(14-15-34)49-32-46-31(47-33(48-32)56-18-35(37,38)39)44-24-11-3-20(4-12-24)26(50)45-25(29(53)54)13-16-41-27(51)28(52)43-23-9-1-19(2-10-23)17-42-30(40)55/h1-12,25H,13-18H2,(H,41,51)(H,43,52)(H,45,50)(H,53,54)(H3,40,42,55)(H2,44,46,47,48,49). The molecule has 17 nitrogen and oxygen atoms in total. The Morgan fingerprint density at radius 1 is 0.857 bits per heavy atom. The van der Waals surface area contributed by atoms with Gasteiger partial charge in [0.05, 0.1) is 5.54 Å². The normalized spacial score (nSPS) is 13.4. The van der Waals surface area contributed by atoms with Crippen LogP contribution in [-0.4, -0.2) is 75.2 Å². The number of anilines is 4. The van der Waals surface area contributed by atoms with Crippen LogP contribution in [0, 0.1) is 0 Å².